The highest BCUT2D eigenvalue weighted by Gasteiger charge is 2.28. The Labute approximate surface area is 141 Å². The minimum atomic E-state index is 0.246. The maximum absolute atomic E-state index is 5.22. The third kappa shape index (κ3) is 2.60. The molecule has 0 spiro atoms. The predicted molar refractivity (Wildman–Crippen MR) is 93.5 cm³/mol. The van der Waals surface area contributed by atoms with Crippen LogP contribution in [0.15, 0.2) is 42.5 Å². The molecule has 1 atom stereocenters. The molecule has 0 N–H and O–H groups in total. The van der Waals surface area contributed by atoms with Crippen molar-refractivity contribution in [2.75, 3.05) is 13.7 Å². The first-order valence-corrected chi connectivity index (χ1v) is 8.39. The van der Waals surface area contributed by atoms with Crippen LogP contribution >= 0.6 is 0 Å². The Bertz CT molecular complexity index is 852. The maximum atomic E-state index is 5.22. The van der Waals surface area contributed by atoms with Gasteiger partial charge in [-0.15, -0.1) is 10.2 Å². The third-order valence-electron chi connectivity index (χ3n) is 4.92. The van der Waals surface area contributed by atoms with Crippen LogP contribution in [0.5, 0.6) is 0 Å². The second kappa shape index (κ2) is 6.34. The number of aromatic nitrogens is 3. The lowest BCUT2D eigenvalue weighted by Crippen LogP contribution is -2.37. The summed E-state index contributed by atoms with van der Waals surface area (Å²) in [5.41, 5.74) is 1.37. The number of hydrogen-bond acceptors (Lipinski definition) is 4. The van der Waals surface area contributed by atoms with E-state index in [0.717, 1.165) is 31.3 Å². The van der Waals surface area contributed by atoms with Gasteiger partial charge in [0.05, 0.1) is 6.04 Å². The second-order valence-corrected chi connectivity index (χ2v) is 6.34. The van der Waals surface area contributed by atoms with Gasteiger partial charge in [-0.25, -0.2) is 0 Å². The molecule has 0 aliphatic carbocycles. The standard InChI is InChI=1S/C19H22N4O/c1-14-19-21-20-18(13-24-2)23(19)11-10-22(14)12-16-8-5-7-15-6-3-4-9-17(15)16/h3-9,14H,10-13H2,1-2H3. The lowest BCUT2D eigenvalue weighted by molar-refractivity contribution is 0.143. The molecule has 0 amide bonds. The van der Waals surface area contributed by atoms with E-state index >= 15 is 0 Å². The van der Waals surface area contributed by atoms with E-state index in [1.807, 2.05) is 0 Å². The zero-order chi connectivity index (χ0) is 16.5. The van der Waals surface area contributed by atoms with Crippen LogP contribution in [0.4, 0.5) is 0 Å². The van der Waals surface area contributed by atoms with Crippen LogP contribution in [0.2, 0.25) is 0 Å². The van der Waals surface area contributed by atoms with E-state index in [1.54, 1.807) is 7.11 Å². The minimum Gasteiger partial charge on any atom is -0.377 e. The average molecular weight is 322 g/mol. The van der Waals surface area contributed by atoms with Crippen molar-refractivity contribution in [1.82, 2.24) is 19.7 Å². The average Bonchev–Trinajstić information content (AvgIpc) is 3.02. The fraction of sp³-hybridized carbons (Fsp3) is 0.368. The van der Waals surface area contributed by atoms with Gasteiger partial charge in [-0.05, 0) is 23.3 Å². The summed E-state index contributed by atoms with van der Waals surface area (Å²) < 4.78 is 7.42. The molecule has 0 saturated carbocycles. The number of ether oxygens (including phenoxy) is 1. The Balaban J connectivity index is 1.61. The molecule has 1 aliphatic heterocycles. The Morgan fingerprint density at radius 1 is 1.08 bits per heavy atom. The lowest BCUT2D eigenvalue weighted by atomic mass is 10.0. The van der Waals surface area contributed by atoms with Crippen LogP contribution in [0.3, 0.4) is 0 Å². The zero-order valence-electron chi connectivity index (χ0n) is 14.1. The van der Waals surface area contributed by atoms with Gasteiger partial charge in [0.15, 0.2) is 5.82 Å². The first kappa shape index (κ1) is 15.3. The third-order valence-corrected chi connectivity index (χ3v) is 4.92. The summed E-state index contributed by atoms with van der Waals surface area (Å²) in [6, 6.07) is 15.4. The molecule has 0 saturated heterocycles. The molecule has 1 aliphatic rings. The molecule has 4 rings (SSSR count). The zero-order valence-corrected chi connectivity index (χ0v) is 14.1. The van der Waals surface area contributed by atoms with Gasteiger partial charge in [-0.2, -0.15) is 0 Å². The van der Waals surface area contributed by atoms with Gasteiger partial charge < -0.3 is 9.30 Å². The van der Waals surface area contributed by atoms with Crippen LogP contribution in [0, 0.1) is 0 Å². The van der Waals surface area contributed by atoms with Crippen molar-refractivity contribution in [2.45, 2.75) is 32.7 Å². The number of benzene rings is 2. The van der Waals surface area contributed by atoms with E-state index in [0.29, 0.717) is 6.61 Å². The normalized spacial score (nSPS) is 18.0. The molecule has 24 heavy (non-hydrogen) atoms. The minimum absolute atomic E-state index is 0.246. The molecule has 0 bridgehead atoms. The molecule has 2 aromatic carbocycles. The quantitative estimate of drug-likeness (QED) is 0.740. The molecule has 2 heterocycles. The van der Waals surface area contributed by atoms with Crippen LogP contribution in [-0.2, 0) is 24.4 Å². The smallest absolute Gasteiger partial charge is 0.159 e. The number of nitrogens with zero attached hydrogens (tertiary/aromatic N) is 4. The van der Waals surface area contributed by atoms with E-state index in [2.05, 4.69) is 69.1 Å². The summed E-state index contributed by atoms with van der Waals surface area (Å²) in [5.74, 6) is 1.96. The highest BCUT2D eigenvalue weighted by atomic mass is 16.5. The van der Waals surface area contributed by atoms with Crippen LogP contribution in [0.1, 0.15) is 30.2 Å². The van der Waals surface area contributed by atoms with Gasteiger partial charge in [0.2, 0.25) is 0 Å². The maximum Gasteiger partial charge on any atom is 0.159 e. The van der Waals surface area contributed by atoms with Gasteiger partial charge in [0, 0.05) is 26.7 Å². The molecule has 1 aromatic heterocycles. The Morgan fingerprint density at radius 2 is 1.92 bits per heavy atom. The number of fused-ring (bicyclic) bond motifs is 2. The van der Waals surface area contributed by atoms with Crippen molar-refractivity contribution >= 4 is 10.8 Å². The van der Waals surface area contributed by atoms with Crippen molar-refractivity contribution in [3.8, 4) is 0 Å². The molecule has 3 aromatic rings. The SMILES string of the molecule is COCc1nnc2n1CCN(Cc1cccc3ccccc13)C2C. The van der Waals surface area contributed by atoms with Gasteiger partial charge >= 0.3 is 0 Å². The summed E-state index contributed by atoms with van der Waals surface area (Å²) in [6.45, 7) is 5.56. The van der Waals surface area contributed by atoms with Crippen molar-refractivity contribution in [1.29, 1.82) is 0 Å². The van der Waals surface area contributed by atoms with Gasteiger partial charge in [-0.1, -0.05) is 42.5 Å². The predicted octanol–water partition coefficient (Wildman–Crippen LogP) is 3.15. The summed E-state index contributed by atoms with van der Waals surface area (Å²) in [5, 5.41) is 11.3. The summed E-state index contributed by atoms with van der Waals surface area (Å²) in [6.07, 6.45) is 0. The molecule has 1 unspecified atom stereocenters. The molecule has 0 fully saturated rings. The van der Waals surface area contributed by atoms with Gasteiger partial charge in [-0.3, -0.25) is 4.90 Å². The second-order valence-electron chi connectivity index (χ2n) is 6.34. The van der Waals surface area contributed by atoms with Crippen molar-refractivity contribution in [2.24, 2.45) is 0 Å². The van der Waals surface area contributed by atoms with E-state index in [-0.39, 0.29) is 6.04 Å². The molecular weight excluding hydrogens is 300 g/mol. The Hall–Kier alpha value is -2.24. The lowest BCUT2D eigenvalue weighted by Gasteiger charge is -2.34. The Kier molecular flexibility index (Phi) is 4.04. The highest BCUT2D eigenvalue weighted by Crippen LogP contribution is 2.28. The first-order valence-electron chi connectivity index (χ1n) is 8.39. The summed E-state index contributed by atoms with van der Waals surface area (Å²) in [4.78, 5) is 2.47. The van der Waals surface area contributed by atoms with Crippen LogP contribution in [-0.4, -0.2) is 33.3 Å². The van der Waals surface area contributed by atoms with Crippen molar-refractivity contribution < 1.29 is 4.74 Å². The van der Waals surface area contributed by atoms with E-state index < -0.39 is 0 Å². The molecule has 5 nitrogen and oxygen atoms in total. The highest BCUT2D eigenvalue weighted by molar-refractivity contribution is 5.85. The van der Waals surface area contributed by atoms with Crippen LogP contribution < -0.4 is 0 Å². The van der Waals surface area contributed by atoms with E-state index in [4.69, 9.17) is 4.74 Å². The van der Waals surface area contributed by atoms with E-state index in [1.165, 1.54) is 16.3 Å². The number of rotatable bonds is 4. The monoisotopic (exact) mass is 322 g/mol. The van der Waals surface area contributed by atoms with Gasteiger partial charge in [0.25, 0.3) is 0 Å². The number of hydrogen-bond donors (Lipinski definition) is 0. The molecule has 5 heteroatoms. The fourth-order valence-electron chi connectivity index (χ4n) is 3.59. The summed E-state index contributed by atoms with van der Waals surface area (Å²) in [7, 11) is 1.70. The number of methoxy groups -OCH3 is 1. The first-order chi connectivity index (χ1) is 11.8. The van der Waals surface area contributed by atoms with E-state index in [9.17, 15) is 0 Å². The van der Waals surface area contributed by atoms with Gasteiger partial charge in [0.1, 0.15) is 12.4 Å². The van der Waals surface area contributed by atoms with Crippen molar-refractivity contribution in [3.63, 3.8) is 0 Å². The molecule has 0 radical (unpaired) electrons. The summed E-state index contributed by atoms with van der Waals surface area (Å²) >= 11 is 0. The molecule has 124 valence electrons. The van der Waals surface area contributed by atoms with Crippen molar-refractivity contribution in [3.05, 3.63) is 59.7 Å². The largest absolute Gasteiger partial charge is 0.377 e. The molecular formula is C19H22N4O. The Morgan fingerprint density at radius 3 is 2.79 bits per heavy atom. The fourth-order valence-corrected chi connectivity index (χ4v) is 3.59. The van der Waals surface area contributed by atoms with Crippen LogP contribution in [0.25, 0.3) is 10.8 Å². The topological polar surface area (TPSA) is 43.2 Å².